The van der Waals surface area contributed by atoms with Gasteiger partial charge in [-0.15, -0.1) is 0 Å². The number of aliphatic carboxylic acids is 1. The first kappa shape index (κ1) is 12.3. The van der Waals surface area contributed by atoms with Crippen molar-refractivity contribution in [2.75, 3.05) is 12.3 Å². The average molecular weight is 243 g/mol. The van der Waals surface area contributed by atoms with Gasteiger partial charge in [0.1, 0.15) is 6.54 Å². The maximum absolute atomic E-state index is 11.3. The number of carboxylic acids is 1. The summed E-state index contributed by atoms with van der Waals surface area (Å²) in [6, 6.07) is 4.80. The van der Waals surface area contributed by atoms with Gasteiger partial charge in [0.15, 0.2) is 0 Å². The summed E-state index contributed by atoms with van der Waals surface area (Å²) in [5, 5.41) is 11.1. The van der Waals surface area contributed by atoms with E-state index in [9.17, 15) is 9.59 Å². The Morgan fingerprint density at radius 2 is 2.12 bits per heavy atom. The maximum atomic E-state index is 11.3. The molecule has 6 heteroatoms. The number of amides is 1. The van der Waals surface area contributed by atoms with Crippen molar-refractivity contribution >= 4 is 29.2 Å². The Morgan fingerprint density at radius 1 is 1.44 bits per heavy atom. The quantitative estimate of drug-likeness (QED) is 0.677. The van der Waals surface area contributed by atoms with Gasteiger partial charge in [0.2, 0.25) is 5.91 Å². The SMILES string of the molecule is Nc1cc(Cl)ccc1CC(=O)NCC(=O)O. The molecule has 0 fully saturated rings. The van der Waals surface area contributed by atoms with E-state index in [0.717, 1.165) is 0 Å². The highest BCUT2D eigenvalue weighted by Gasteiger charge is 2.07. The number of carbonyl (C=O) groups excluding carboxylic acids is 1. The zero-order valence-electron chi connectivity index (χ0n) is 8.37. The van der Waals surface area contributed by atoms with Crippen molar-refractivity contribution in [2.45, 2.75) is 6.42 Å². The molecule has 0 atom stereocenters. The van der Waals surface area contributed by atoms with Gasteiger partial charge in [0.05, 0.1) is 6.42 Å². The Balaban J connectivity index is 2.59. The first-order valence-corrected chi connectivity index (χ1v) is 4.89. The fourth-order valence-electron chi connectivity index (χ4n) is 1.14. The topological polar surface area (TPSA) is 92.4 Å². The molecule has 5 nitrogen and oxygen atoms in total. The van der Waals surface area contributed by atoms with Crippen molar-refractivity contribution in [3.8, 4) is 0 Å². The van der Waals surface area contributed by atoms with Crippen LogP contribution in [0.2, 0.25) is 5.02 Å². The molecule has 1 amide bonds. The molecule has 0 bridgehead atoms. The van der Waals surface area contributed by atoms with Crippen LogP contribution in [0.3, 0.4) is 0 Å². The van der Waals surface area contributed by atoms with Crippen LogP contribution in [-0.4, -0.2) is 23.5 Å². The lowest BCUT2D eigenvalue weighted by molar-refractivity contribution is -0.137. The number of halogens is 1. The Labute approximate surface area is 97.2 Å². The predicted octanol–water partition coefficient (Wildman–Crippen LogP) is 0.665. The molecule has 0 aliphatic rings. The van der Waals surface area contributed by atoms with Crippen LogP contribution in [0.5, 0.6) is 0 Å². The van der Waals surface area contributed by atoms with Gasteiger partial charge in [-0.25, -0.2) is 0 Å². The molecular formula is C10H11ClN2O3. The van der Waals surface area contributed by atoms with Gasteiger partial charge >= 0.3 is 5.97 Å². The Morgan fingerprint density at radius 3 is 2.69 bits per heavy atom. The molecule has 0 heterocycles. The molecule has 16 heavy (non-hydrogen) atoms. The number of benzene rings is 1. The van der Waals surface area contributed by atoms with E-state index < -0.39 is 18.4 Å². The first-order chi connectivity index (χ1) is 7.49. The number of nitrogen functional groups attached to an aromatic ring is 1. The first-order valence-electron chi connectivity index (χ1n) is 4.51. The number of carbonyl (C=O) groups is 2. The highest BCUT2D eigenvalue weighted by atomic mass is 35.5. The Bertz CT molecular complexity index is 421. The summed E-state index contributed by atoms with van der Waals surface area (Å²) in [6.07, 6.45) is 0.0380. The third kappa shape index (κ3) is 3.78. The maximum Gasteiger partial charge on any atom is 0.322 e. The molecule has 86 valence electrons. The van der Waals surface area contributed by atoms with Crippen LogP contribution in [0.1, 0.15) is 5.56 Å². The van der Waals surface area contributed by atoms with Gasteiger partial charge in [-0.3, -0.25) is 9.59 Å². The van der Waals surface area contributed by atoms with E-state index in [1.54, 1.807) is 18.2 Å². The second-order valence-electron chi connectivity index (χ2n) is 3.19. The van der Waals surface area contributed by atoms with Crippen molar-refractivity contribution < 1.29 is 14.7 Å². The molecule has 0 radical (unpaired) electrons. The molecule has 0 aromatic heterocycles. The van der Waals surface area contributed by atoms with E-state index >= 15 is 0 Å². The average Bonchev–Trinajstić information content (AvgIpc) is 2.19. The van der Waals surface area contributed by atoms with Crippen molar-refractivity contribution in [1.82, 2.24) is 5.32 Å². The standard InChI is InChI=1S/C10H11ClN2O3/c11-7-2-1-6(8(12)4-7)3-9(14)13-5-10(15)16/h1-2,4H,3,5,12H2,(H,13,14)(H,15,16). The van der Waals surface area contributed by atoms with E-state index in [1.807, 2.05) is 0 Å². The molecule has 1 aromatic carbocycles. The lowest BCUT2D eigenvalue weighted by Crippen LogP contribution is -2.30. The Kier molecular flexibility index (Phi) is 4.13. The van der Waals surface area contributed by atoms with Crippen LogP contribution in [0, 0.1) is 0 Å². The van der Waals surface area contributed by atoms with Crippen molar-refractivity contribution in [1.29, 1.82) is 0 Å². The molecule has 1 aromatic rings. The number of rotatable bonds is 4. The number of hydrogen-bond donors (Lipinski definition) is 3. The van der Waals surface area contributed by atoms with E-state index in [-0.39, 0.29) is 6.42 Å². The van der Waals surface area contributed by atoms with Gasteiger partial charge in [-0.05, 0) is 17.7 Å². The predicted molar refractivity (Wildman–Crippen MR) is 60.2 cm³/mol. The lowest BCUT2D eigenvalue weighted by atomic mass is 10.1. The minimum atomic E-state index is -1.09. The van der Waals surface area contributed by atoms with Gasteiger partial charge < -0.3 is 16.2 Å². The van der Waals surface area contributed by atoms with Crippen molar-refractivity contribution in [3.63, 3.8) is 0 Å². The van der Waals surface area contributed by atoms with E-state index in [0.29, 0.717) is 16.3 Å². The zero-order valence-corrected chi connectivity index (χ0v) is 9.12. The summed E-state index contributed by atoms with van der Waals surface area (Å²) in [4.78, 5) is 21.5. The molecule has 0 saturated carbocycles. The van der Waals surface area contributed by atoms with Crippen molar-refractivity contribution in [2.24, 2.45) is 0 Å². The van der Waals surface area contributed by atoms with E-state index in [4.69, 9.17) is 22.4 Å². The molecule has 0 unspecified atom stereocenters. The van der Waals surface area contributed by atoms with Crippen LogP contribution < -0.4 is 11.1 Å². The summed E-state index contributed by atoms with van der Waals surface area (Å²) in [6.45, 7) is -0.397. The third-order valence-electron chi connectivity index (χ3n) is 1.90. The monoisotopic (exact) mass is 242 g/mol. The van der Waals surface area contributed by atoms with Crippen LogP contribution in [0.15, 0.2) is 18.2 Å². The smallest absolute Gasteiger partial charge is 0.322 e. The molecule has 0 aliphatic carbocycles. The molecule has 1 rings (SSSR count). The zero-order chi connectivity index (χ0) is 12.1. The Hall–Kier alpha value is -1.75. The summed E-state index contributed by atoms with van der Waals surface area (Å²) >= 11 is 5.70. The van der Waals surface area contributed by atoms with Crippen LogP contribution >= 0.6 is 11.6 Å². The molecule has 0 saturated heterocycles. The van der Waals surface area contributed by atoms with Crippen molar-refractivity contribution in [3.05, 3.63) is 28.8 Å². The summed E-state index contributed by atoms with van der Waals surface area (Å²) < 4.78 is 0. The summed E-state index contributed by atoms with van der Waals surface area (Å²) in [7, 11) is 0. The van der Waals surface area contributed by atoms with Gasteiger partial charge in [0, 0.05) is 10.7 Å². The van der Waals surface area contributed by atoms with E-state index in [2.05, 4.69) is 5.32 Å². The highest BCUT2D eigenvalue weighted by molar-refractivity contribution is 6.30. The molecular weight excluding hydrogens is 232 g/mol. The minimum Gasteiger partial charge on any atom is -0.480 e. The molecule has 4 N–H and O–H groups in total. The number of nitrogens with two attached hydrogens (primary N) is 1. The van der Waals surface area contributed by atoms with E-state index in [1.165, 1.54) is 0 Å². The molecule has 0 aliphatic heterocycles. The normalized spacial score (nSPS) is 9.81. The van der Waals surface area contributed by atoms with Gasteiger partial charge in [0.25, 0.3) is 0 Å². The number of anilines is 1. The summed E-state index contributed by atoms with van der Waals surface area (Å²) in [5.41, 5.74) is 6.68. The second kappa shape index (κ2) is 5.37. The van der Waals surface area contributed by atoms with Crippen LogP contribution in [0.4, 0.5) is 5.69 Å². The number of nitrogens with one attached hydrogen (secondary N) is 1. The lowest BCUT2D eigenvalue weighted by Gasteiger charge is -2.06. The highest BCUT2D eigenvalue weighted by Crippen LogP contribution is 2.18. The van der Waals surface area contributed by atoms with Gasteiger partial charge in [-0.2, -0.15) is 0 Å². The largest absolute Gasteiger partial charge is 0.480 e. The van der Waals surface area contributed by atoms with Crippen LogP contribution in [0.25, 0.3) is 0 Å². The number of hydrogen-bond acceptors (Lipinski definition) is 3. The van der Waals surface area contributed by atoms with Gasteiger partial charge in [-0.1, -0.05) is 17.7 Å². The summed E-state index contributed by atoms with van der Waals surface area (Å²) in [5.74, 6) is -1.48. The fourth-order valence-corrected chi connectivity index (χ4v) is 1.32. The minimum absolute atomic E-state index is 0.0380. The number of carboxylic acid groups (broad SMARTS) is 1. The third-order valence-corrected chi connectivity index (χ3v) is 2.13. The fraction of sp³-hybridized carbons (Fsp3) is 0.200. The van der Waals surface area contributed by atoms with Crippen LogP contribution in [-0.2, 0) is 16.0 Å². The molecule has 0 spiro atoms. The second-order valence-corrected chi connectivity index (χ2v) is 3.63.